The molecule has 12 rings (SSSR count). The third kappa shape index (κ3) is 29.5. The molecule has 0 radical (unpaired) electrons. The number of hydrogen-bond donors (Lipinski definition) is 5. The van der Waals surface area contributed by atoms with Gasteiger partial charge in [-0.05, 0) is 195 Å². The number of rotatable bonds is 9. The van der Waals surface area contributed by atoms with Crippen molar-refractivity contribution >= 4 is 98.7 Å². The van der Waals surface area contributed by atoms with Gasteiger partial charge in [0.1, 0.15) is 27.6 Å². The monoisotopic (exact) mass is 1480 g/mol. The minimum Gasteiger partial charge on any atom is -0.505 e. The van der Waals surface area contributed by atoms with Crippen molar-refractivity contribution in [3.63, 3.8) is 0 Å². The predicted octanol–water partition coefficient (Wildman–Crippen LogP) is 31.8. The van der Waals surface area contributed by atoms with Crippen LogP contribution in [-0.2, 0) is 10.1 Å². The van der Waals surface area contributed by atoms with Crippen LogP contribution in [0.4, 0.5) is 45.5 Å². The highest BCUT2D eigenvalue weighted by Crippen LogP contribution is 2.44. The van der Waals surface area contributed by atoms with Gasteiger partial charge < -0.3 is 20.4 Å². The van der Waals surface area contributed by atoms with Crippen molar-refractivity contribution in [3.05, 3.63) is 257 Å². The van der Waals surface area contributed by atoms with E-state index >= 15 is 0 Å². The van der Waals surface area contributed by atoms with Crippen LogP contribution in [0.3, 0.4) is 0 Å². The Morgan fingerprint density at radius 2 is 0.519 bits per heavy atom. The van der Waals surface area contributed by atoms with Crippen LogP contribution in [0, 0.1) is 55.4 Å². The van der Waals surface area contributed by atoms with Crippen LogP contribution in [0.25, 0.3) is 43.1 Å². The maximum absolute atomic E-state index is 11.7. The molecule has 12 aromatic carbocycles. The lowest BCUT2D eigenvalue weighted by atomic mass is 9.99. The minimum atomic E-state index is -4.43. The third-order valence-electron chi connectivity index (χ3n) is 14.5. The molecule has 108 heavy (non-hydrogen) atoms. The zero-order chi connectivity index (χ0) is 82.6. The van der Waals surface area contributed by atoms with E-state index in [9.17, 15) is 33.4 Å². The number of benzene rings is 12. The number of fused-ring (bicyclic) bond motifs is 4. The van der Waals surface area contributed by atoms with Crippen molar-refractivity contribution in [2.75, 3.05) is 0 Å². The number of aromatic hydroxyl groups is 4. The summed E-state index contributed by atoms with van der Waals surface area (Å²) < 4.78 is 33.0. The number of aryl methyl sites for hydroxylation is 8. The number of phenols is 4. The van der Waals surface area contributed by atoms with Crippen molar-refractivity contribution in [1.82, 2.24) is 0 Å². The molecule has 0 heterocycles. The third-order valence-corrected chi connectivity index (χ3v) is 15.6. The van der Waals surface area contributed by atoms with E-state index in [0.29, 0.717) is 33.9 Å². The summed E-state index contributed by atoms with van der Waals surface area (Å²) in [7, 11) is -4.43. The van der Waals surface area contributed by atoms with Gasteiger partial charge in [-0.2, -0.15) is 28.9 Å². The van der Waals surface area contributed by atoms with Crippen molar-refractivity contribution in [2.45, 2.75) is 199 Å². The lowest BCUT2D eigenvalue weighted by molar-refractivity contribution is 0.480. The first kappa shape index (κ1) is 99.2. The zero-order valence-electron chi connectivity index (χ0n) is 69.7. The lowest BCUT2D eigenvalue weighted by Crippen LogP contribution is -2.02. The second-order valence-electron chi connectivity index (χ2n) is 21.0. The van der Waals surface area contributed by atoms with Crippen molar-refractivity contribution in [1.29, 1.82) is 0 Å². The standard InChI is InChI=1S/C19H18N2O.C18H16N2O4S.C18H16N2O.C17H14N2O.10C2H6/c1-12-9-15-10-14(3)18(19(22)17(15)11-13(12)2)21-20-16-7-5-4-6-8-16;1-11-8-9-14-15(18(11)25(22,23)24)10-12(2)16(17(14)21)20-19-13-6-4-3-5-7-13;1-12-7-6-8-14-11-13(2)17(18(21)16(12)14)20-19-15-9-4-3-5-10-15;1-12-11-13-7-5-6-10-15(13)17(20)16(12)19-18-14-8-3-2-4-9-14;10*1-2/h4-11,22H,1-3H3;3-10,21H,1-2H3,(H,22,23,24);3-11,21H,1-2H3;2-11,20H,1H3;10*1-2H3. The van der Waals surface area contributed by atoms with E-state index in [1.54, 1.807) is 38.1 Å². The van der Waals surface area contributed by atoms with E-state index in [4.69, 9.17) is 0 Å². The van der Waals surface area contributed by atoms with Gasteiger partial charge in [-0.3, -0.25) is 4.55 Å². The Labute approximate surface area is 647 Å². The fourth-order valence-corrected chi connectivity index (χ4v) is 10.8. The predicted molar refractivity (Wildman–Crippen MR) is 466 cm³/mol. The fourth-order valence-electron chi connectivity index (χ4n) is 9.89. The van der Waals surface area contributed by atoms with Gasteiger partial charge in [-0.25, -0.2) is 0 Å². The molecule has 15 nitrogen and oxygen atoms in total. The zero-order valence-corrected chi connectivity index (χ0v) is 70.6. The molecule has 0 aliphatic carbocycles. The first-order valence-electron chi connectivity index (χ1n) is 38.0. The van der Waals surface area contributed by atoms with Gasteiger partial charge in [0.2, 0.25) is 0 Å². The molecule has 0 spiro atoms. The number of phenolic OH excluding ortho intramolecular Hbond substituents is 4. The topological polar surface area (TPSA) is 234 Å². The summed E-state index contributed by atoms with van der Waals surface area (Å²) in [5.41, 5.74) is 11.8. The van der Waals surface area contributed by atoms with E-state index < -0.39 is 10.1 Å². The highest BCUT2D eigenvalue weighted by atomic mass is 32.2. The Bertz CT molecular complexity index is 4780. The highest BCUT2D eigenvalue weighted by molar-refractivity contribution is 7.86. The molecule has 0 bridgehead atoms. The Hall–Kier alpha value is -10.8. The summed E-state index contributed by atoms with van der Waals surface area (Å²) in [6.45, 7) is 55.2. The number of azo groups is 4. The molecule has 580 valence electrons. The molecular weight excluding hydrogens is 1360 g/mol. The van der Waals surface area contributed by atoms with E-state index in [2.05, 4.69) is 53.9 Å². The summed E-state index contributed by atoms with van der Waals surface area (Å²) in [4.78, 5) is -0.213. The fraction of sp³-hybridized carbons (Fsp3) is 0.304. The molecule has 0 aliphatic heterocycles. The molecule has 0 fully saturated rings. The smallest absolute Gasteiger partial charge is 0.295 e. The Morgan fingerprint density at radius 3 is 0.907 bits per heavy atom. The van der Waals surface area contributed by atoms with Crippen molar-refractivity contribution in [3.8, 4) is 23.0 Å². The maximum Gasteiger partial charge on any atom is 0.295 e. The molecule has 5 N–H and O–H groups in total. The normalized spacial score (nSPS) is 9.97. The first-order valence-corrected chi connectivity index (χ1v) is 39.5. The summed E-state index contributed by atoms with van der Waals surface area (Å²) in [6, 6.07) is 66.1. The molecule has 0 atom stereocenters. The van der Waals surface area contributed by atoms with E-state index in [1.807, 2.05) is 349 Å². The largest absolute Gasteiger partial charge is 0.505 e. The van der Waals surface area contributed by atoms with Crippen LogP contribution in [0.15, 0.2) is 258 Å². The molecule has 0 saturated carbocycles. The van der Waals surface area contributed by atoms with Gasteiger partial charge in [0.15, 0.2) is 23.0 Å². The summed E-state index contributed by atoms with van der Waals surface area (Å²) in [6.07, 6.45) is 0. The summed E-state index contributed by atoms with van der Waals surface area (Å²) >= 11 is 0. The molecule has 12 aromatic rings. The summed E-state index contributed by atoms with van der Waals surface area (Å²) in [5, 5.41) is 81.5. The van der Waals surface area contributed by atoms with Gasteiger partial charge in [0.25, 0.3) is 10.1 Å². The molecule has 0 amide bonds. The molecule has 0 aromatic heterocycles. The Morgan fingerprint density at radius 1 is 0.231 bits per heavy atom. The maximum atomic E-state index is 11.7. The second kappa shape index (κ2) is 55.6. The van der Waals surface area contributed by atoms with Gasteiger partial charge in [-0.1, -0.05) is 272 Å². The summed E-state index contributed by atoms with van der Waals surface area (Å²) in [5.74, 6) is 0.389. The van der Waals surface area contributed by atoms with Crippen molar-refractivity contribution < 1.29 is 33.4 Å². The van der Waals surface area contributed by atoms with E-state index in [-0.39, 0.29) is 44.4 Å². The van der Waals surface area contributed by atoms with E-state index in [1.165, 1.54) is 11.6 Å². The molecule has 0 aliphatic rings. The molecular formula is C92H124N8O7S. The quantitative estimate of drug-likeness (QED) is 0.0692. The average molecular weight is 1490 g/mol. The van der Waals surface area contributed by atoms with Crippen molar-refractivity contribution in [2.24, 2.45) is 40.9 Å². The average Bonchev–Trinajstić information content (AvgIpc) is 0.751. The van der Waals surface area contributed by atoms with Crippen LogP contribution in [0.5, 0.6) is 23.0 Å². The Balaban J connectivity index is 0. The molecule has 16 heteroatoms. The minimum absolute atomic E-state index is 0.181. The van der Waals surface area contributed by atoms with Gasteiger partial charge in [0.05, 0.1) is 22.7 Å². The van der Waals surface area contributed by atoms with Crippen LogP contribution in [0.2, 0.25) is 0 Å². The Kier molecular flexibility index (Phi) is 51.1. The van der Waals surface area contributed by atoms with Crippen LogP contribution in [-0.4, -0.2) is 33.4 Å². The van der Waals surface area contributed by atoms with Gasteiger partial charge in [-0.15, -0.1) is 20.5 Å². The number of nitrogens with zero attached hydrogens (tertiary/aromatic N) is 8. The lowest BCUT2D eigenvalue weighted by Gasteiger charge is -2.12. The molecule has 0 unspecified atom stereocenters. The van der Waals surface area contributed by atoms with Gasteiger partial charge in [0, 0.05) is 26.9 Å². The first-order chi connectivity index (χ1) is 52.3. The second-order valence-corrected chi connectivity index (χ2v) is 22.4. The molecule has 0 saturated heterocycles. The van der Waals surface area contributed by atoms with E-state index in [0.717, 1.165) is 77.2 Å². The SMILES string of the molecule is CC.CC.CC.CC.CC.CC.CC.CC.CC.CC.Cc1cc2c(S(=O)(=O)O)c(C)ccc2c(O)c1N=Nc1ccccc1.Cc1cc2cc(C)c(N=Nc3ccccc3)c(O)c2cc1C.Cc1cc2cccc(C)c2c(O)c1N=Nc1ccccc1.Cc1cc2ccccc2c(O)c1N=Nc1ccccc1. The highest BCUT2D eigenvalue weighted by Gasteiger charge is 2.22. The number of hydrogen-bond acceptors (Lipinski definition) is 14. The van der Waals surface area contributed by atoms with Crippen LogP contribution in [0.1, 0.15) is 183 Å². The van der Waals surface area contributed by atoms with Crippen LogP contribution < -0.4 is 0 Å². The van der Waals surface area contributed by atoms with Crippen LogP contribution >= 0.6 is 0 Å². The van der Waals surface area contributed by atoms with Gasteiger partial charge >= 0.3 is 0 Å².